The molecule has 1 aliphatic carbocycles. The van der Waals surface area contributed by atoms with Gasteiger partial charge >= 0.3 is 0 Å². The molecule has 3 N–H and O–H groups in total. The summed E-state index contributed by atoms with van der Waals surface area (Å²) >= 11 is 0. The van der Waals surface area contributed by atoms with Crippen LogP contribution in [0.1, 0.15) is 26.7 Å². The average molecular weight is 236 g/mol. The van der Waals surface area contributed by atoms with Gasteiger partial charge in [0.2, 0.25) is 11.8 Å². The van der Waals surface area contributed by atoms with E-state index in [-0.39, 0.29) is 12.1 Å². The topological polar surface area (TPSA) is 73.1 Å². The van der Waals surface area contributed by atoms with Crippen LogP contribution in [0.25, 0.3) is 0 Å². The molecule has 1 fully saturated rings. The molecule has 5 nitrogen and oxygen atoms in total. The summed E-state index contributed by atoms with van der Waals surface area (Å²) in [6.45, 7) is 4.56. The van der Waals surface area contributed by atoms with Crippen LogP contribution in [0.15, 0.2) is 12.3 Å². The van der Waals surface area contributed by atoms with Crippen LogP contribution in [-0.4, -0.2) is 28.7 Å². The number of nitrogens with one attached hydrogen (secondary N) is 1. The molecule has 17 heavy (non-hydrogen) atoms. The van der Waals surface area contributed by atoms with Gasteiger partial charge in [-0.1, -0.05) is 0 Å². The monoisotopic (exact) mass is 236 g/mol. The van der Waals surface area contributed by atoms with Gasteiger partial charge in [-0.15, -0.1) is 0 Å². The third-order valence-corrected chi connectivity index (χ3v) is 2.75. The lowest BCUT2D eigenvalue weighted by atomic mass is 10.2. The summed E-state index contributed by atoms with van der Waals surface area (Å²) < 4.78 is 5.52. The van der Waals surface area contributed by atoms with Gasteiger partial charge in [0.05, 0.1) is 6.10 Å². The van der Waals surface area contributed by atoms with Crippen LogP contribution in [0, 0.1) is 5.92 Å². The molecule has 0 spiro atoms. The van der Waals surface area contributed by atoms with Crippen molar-refractivity contribution >= 4 is 5.95 Å². The summed E-state index contributed by atoms with van der Waals surface area (Å²) in [7, 11) is 0. The van der Waals surface area contributed by atoms with Crippen molar-refractivity contribution in [2.45, 2.75) is 38.8 Å². The molecule has 1 aromatic rings. The summed E-state index contributed by atoms with van der Waals surface area (Å²) in [6, 6.07) is 2.05. The van der Waals surface area contributed by atoms with Crippen LogP contribution < -0.4 is 15.8 Å². The number of ether oxygens (including phenoxy) is 1. The largest absolute Gasteiger partial charge is 0.475 e. The highest BCUT2D eigenvalue weighted by atomic mass is 16.5. The fourth-order valence-corrected chi connectivity index (χ4v) is 1.75. The van der Waals surface area contributed by atoms with Gasteiger partial charge in [0.1, 0.15) is 0 Å². The van der Waals surface area contributed by atoms with Gasteiger partial charge in [-0.05, 0) is 32.6 Å². The van der Waals surface area contributed by atoms with E-state index in [0.717, 1.165) is 0 Å². The van der Waals surface area contributed by atoms with E-state index in [1.54, 1.807) is 12.3 Å². The smallest absolute Gasteiger partial charge is 0.226 e. The summed E-state index contributed by atoms with van der Waals surface area (Å²) in [4.78, 5) is 8.50. The van der Waals surface area contributed by atoms with Crippen LogP contribution >= 0.6 is 0 Å². The van der Waals surface area contributed by atoms with Crippen LogP contribution in [-0.2, 0) is 0 Å². The molecule has 1 saturated carbocycles. The molecule has 0 aliphatic heterocycles. The van der Waals surface area contributed by atoms with E-state index in [4.69, 9.17) is 10.5 Å². The van der Waals surface area contributed by atoms with Crippen molar-refractivity contribution in [3.05, 3.63) is 12.3 Å². The second-order valence-electron chi connectivity index (χ2n) is 4.71. The van der Waals surface area contributed by atoms with Crippen LogP contribution in [0.3, 0.4) is 0 Å². The quantitative estimate of drug-likeness (QED) is 0.781. The number of hydrogen-bond donors (Lipinski definition) is 2. The maximum Gasteiger partial charge on any atom is 0.226 e. The number of nitrogens with two attached hydrogens (primary N) is 1. The first-order chi connectivity index (χ1) is 8.19. The molecule has 1 atom stereocenters. The number of hydrogen-bond acceptors (Lipinski definition) is 5. The minimum Gasteiger partial charge on any atom is -0.475 e. The van der Waals surface area contributed by atoms with Gasteiger partial charge in [0.25, 0.3) is 0 Å². The molecule has 1 heterocycles. The number of anilines is 1. The zero-order valence-corrected chi connectivity index (χ0v) is 10.4. The van der Waals surface area contributed by atoms with Crippen LogP contribution in [0.2, 0.25) is 0 Å². The van der Waals surface area contributed by atoms with E-state index >= 15 is 0 Å². The number of aromatic nitrogens is 2. The normalized spacial score (nSPS) is 16.9. The standard InChI is InChI=1S/C12H20N4O/c1-8(2)17-11-5-6-14-12(16-11)15-10(7-13)9-3-4-9/h5-6,8-10H,3-4,7,13H2,1-2H3,(H,14,15,16). The van der Waals surface area contributed by atoms with Crippen molar-refractivity contribution < 1.29 is 4.74 Å². The maximum absolute atomic E-state index is 5.73. The van der Waals surface area contributed by atoms with Crippen molar-refractivity contribution in [1.29, 1.82) is 0 Å². The van der Waals surface area contributed by atoms with Crippen LogP contribution in [0.5, 0.6) is 5.88 Å². The lowest BCUT2D eigenvalue weighted by Gasteiger charge is -2.16. The summed E-state index contributed by atoms with van der Waals surface area (Å²) in [5.41, 5.74) is 5.73. The van der Waals surface area contributed by atoms with E-state index < -0.39 is 0 Å². The highest BCUT2D eigenvalue weighted by Crippen LogP contribution is 2.33. The number of nitrogens with zero attached hydrogens (tertiary/aromatic N) is 2. The molecule has 0 radical (unpaired) electrons. The van der Waals surface area contributed by atoms with Crippen LogP contribution in [0.4, 0.5) is 5.95 Å². The van der Waals surface area contributed by atoms with E-state index in [9.17, 15) is 0 Å². The Morgan fingerprint density at radius 3 is 2.88 bits per heavy atom. The second kappa shape index (κ2) is 5.31. The van der Waals surface area contributed by atoms with Gasteiger partial charge in [0, 0.05) is 24.8 Å². The fraction of sp³-hybridized carbons (Fsp3) is 0.667. The molecule has 1 aliphatic rings. The molecular formula is C12H20N4O. The molecule has 1 unspecified atom stereocenters. The Hall–Kier alpha value is -1.36. The predicted octanol–water partition coefficient (Wildman–Crippen LogP) is 1.41. The Morgan fingerprint density at radius 1 is 1.53 bits per heavy atom. The molecule has 0 bridgehead atoms. The van der Waals surface area contributed by atoms with E-state index in [0.29, 0.717) is 24.3 Å². The Balaban J connectivity index is 1.99. The van der Waals surface area contributed by atoms with Gasteiger partial charge in [-0.2, -0.15) is 4.98 Å². The summed E-state index contributed by atoms with van der Waals surface area (Å²) in [5, 5.41) is 3.28. The molecule has 0 saturated heterocycles. The van der Waals surface area contributed by atoms with Gasteiger partial charge < -0.3 is 15.8 Å². The van der Waals surface area contributed by atoms with Crippen molar-refractivity contribution in [3.63, 3.8) is 0 Å². The minimum atomic E-state index is 0.117. The summed E-state index contributed by atoms with van der Waals surface area (Å²) in [5.74, 6) is 1.88. The Labute approximate surface area is 102 Å². The first-order valence-electron chi connectivity index (χ1n) is 6.15. The minimum absolute atomic E-state index is 0.117. The van der Waals surface area contributed by atoms with Crippen molar-refractivity contribution in [2.75, 3.05) is 11.9 Å². The van der Waals surface area contributed by atoms with Crippen molar-refractivity contribution in [1.82, 2.24) is 9.97 Å². The van der Waals surface area contributed by atoms with Gasteiger partial charge in [-0.3, -0.25) is 0 Å². The average Bonchev–Trinajstić information content (AvgIpc) is 3.09. The van der Waals surface area contributed by atoms with E-state index in [2.05, 4.69) is 15.3 Å². The SMILES string of the molecule is CC(C)Oc1ccnc(NC(CN)C2CC2)n1. The van der Waals surface area contributed by atoms with E-state index in [1.165, 1.54) is 12.8 Å². The first-order valence-corrected chi connectivity index (χ1v) is 6.15. The Bertz CT molecular complexity index is 365. The molecule has 0 amide bonds. The zero-order chi connectivity index (χ0) is 12.3. The molecule has 2 rings (SSSR count). The first kappa shape index (κ1) is 12.1. The Morgan fingerprint density at radius 2 is 2.29 bits per heavy atom. The Kier molecular flexibility index (Phi) is 3.78. The zero-order valence-electron chi connectivity index (χ0n) is 10.4. The third-order valence-electron chi connectivity index (χ3n) is 2.75. The molecule has 94 valence electrons. The van der Waals surface area contributed by atoms with Gasteiger partial charge in [0.15, 0.2) is 0 Å². The van der Waals surface area contributed by atoms with Crippen molar-refractivity contribution in [2.24, 2.45) is 11.7 Å². The van der Waals surface area contributed by atoms with Gasteiger partial charge in [-0.25, -0.2) is 4.98 Å². The second-order valence-corrected chi connectivity index (χ2v) is 4.71. The molecular weight excluding hydrogens is 216 g/mol. The highest BCUT2D eigenvalue weighted by molar-refractivity contribution is 5.30. The molecule has 0 aromatic carbocycles. The lowest BCUT2D eigenvalue weighted by Crippen LogP contribution is -2.31. The predicted molar refractivity (Wildman–Crippen MR) is 67.0 cm³/mol. The number of rotatable bonds is 6. The lowest BCUT2D eigenvalue weighted by molar-refractivity contribution is 0.232. The van der Waals surface area contributed by atoms with Crippen molar-refractivity contribution in [3.8, 4) is 5.88 Å². The highest BCUT2D eigenvalue weighted by Gasteiger charge is 2.30. The third kappa shape index (κ3) is 3.56. The fourth-order valence-electron chi connectivity index (χ4n) is 1.75. The van der Waals surface area contributed by atoms with E-state index in [1.807, 2.05) is 13.8 Å². The maximum atomic E-state index is 5.73. The molecule has 5 heteroatoms. The summed E-state index contributed by atoms with van der Waals surface area (Å²) in [6.07, 6.45) is 4.31. The molecule has 1 aromatic heterocycles.